The summed E-state index contributed by atoms with van der Waals surface area (Å²) in [5.74, 6) is -0.149. The largest absolute Gasteiger partial charge is 0.508 e. The van der Waals surface area contributed by atoms with E-state index in [1.165, 1.54) is 49.7 Å². The van der Waals surface area contributed by atoms with Gasteiger partial charge in [-0.2, -0.15) is 0 Å². The highest BCUT2D eigenvalue weighted by Crippen LogP contribution is 2.33. The summed E-state index contributed by atoms with van der Waals surface area (Å²) in [6, 6.07) is 16.7. The molecule has 32 heavy (non-hydrogen) atoms. The second-order valence-corrected chi connectivity index (χ2v) is 8.89. The first kappa shape index (κ1) is 21.1. The Morgan fingerprint density at radius 3 is 2.44 bits per heavy atom. The monoisotopic (exact) mass is 449 g/mol. The van der Waals surface area contributed by atoms with Gasteiger partial charge < -0.3 is 20.9 Å². The number of primary amides is 1. The minimum Gasteiger partial charge on any atom is -0.508 e. The number of aromatic nitrogens is 1. The number of sulfone groups is 1. The molecule has 0 spiro atoms. The molecule has 0 bridgehead atoms. The normalized spacial score (nSPS) is 11.3. The van der Waals surface area contributed by atoms with E-state index < -0.39 is 15.7 Å². The number of anilines is 2. The van der Waals surface area contributed by atoms with E-state index in [-0.39, 0.29) is 21.1 Å². The predicted molar refractivity (Wildman–Crippen MR) is 120 cm³/mol. The standard InChI is InChI=1S/C23H19N3O5S/c1-31-16-4-2-3-14(11-16)26-22-19-12-18(9-10-21(19)25-13-20(22)23(24)28)32(29,30)17-7-5-15(27)6-8-17/h2-13,27H,1H3,(H2,24,28)(H,25,26). The topological polar surface area (TPSA) is 132 Å². The number of carbonyl (C=O) groups excluding carboxylic acids is 1. The van der Waals surface area contributed by atoms with Crippen molar-refractivity contribution in [2.75, 3.05) is 12.4 Å². The van der Waals surface area contributed by atoms with Gasteiger partial charge in [-0.25, -0.2) is 8.42 Å². The molecule has 0 aliphatic carbocycles. The molecule has 0 fully saturated rings. The lowest BCUT2D eigenvalue weighted by Crippen LogP contribution is -2.14. The van der Waals surface area contributed by atoms with Crippen molar-refractivity contribution in [2.45, 2.75) is 9.79 Å². The van der Waals surface area contributed by atoms with Gasteiger partial charge in [0.05, 0.1) is 33.7 Å². The highest BCUT2D eigenvalue weighted by molar-refractivity contribution is 7.91. The molecule has 0 atom stereocenters. The molecule has 0 aliphatic rings. The number of aromatic hydroxyl groups is 1. The number of fused-ring (bicyclic) bond motifs is 1. The van der Waals surface area contributed by atoms with Gasteiger partial charge in [0.2, 0.25) is 9.84 Å². The first-order chi connectivity index (χ1) is 15.3. The lowest BCUT2D eigenvalue weighted by atomic mass is 10.1. The Morgan fingerprint density at radius 2 is 1.75 bits per heavy atom. The third-order valence-corrected chi connectivity index (χ3v) is 6.67. The number of hydrogen-bond acceptors (Lipinski definition) is 7. The van der Waals surface area contributed by atoms with Crippen LogP contribution in [0.15, 0.2) is 82.7 Å². The molecule has 0 radical (unpaired) electrons. The first-order valence-electron chi connectivity index (χ1n) is 9.47. The molecule has 0 aliphatic heterocycles. The molecule has 1 aromatic heterocycles. The minimum atomic E-state index is -3.88. The van der Waals surface area contributed by atoms with Crippen LogP contribution >= 0.6 is 0 Å². The van der Waals surface area contributed by atoms with Crippen LogP contribution in [0.4, 0.5) is 11.4 Å². The van der Waals surface area contributed by atoms with Gasteiger partial charge in [-0.05, 0) is 54.6 Å². The van der Waals surface area contributed by atoms with Crippen LogP contribution in [0.2, 0.25) is 0 Å². The van der Waals surface area contributed by atoms with Gasteiger partial charge in [0, 0.05) is 23.3 Å². The van der Waals surface area contributed by atoms with Crippen LogP contribution in [0, 0.1) is 0 Å². The Kier molecular flexibility index (Phi) is 5.41. The Labute approximate surface area is 184 Å². The molecule has 162 valence electrons. The van der Waals surface area contributed by atoms with Gasteiger partial charge in [0.15, 0.2) is 0 Å². The van der Waals surface area contributed by atoms with E-state index in [9.17, 15) is 18.3 Å². The number of ether oxygens (including phenoxy) is 1. The third-order valence-electron chi connectivity index (χ3n) is 4.90. The second-order valence-electron chi connectivity index (χ2n) is 6.94. The highest BCUT2D eigenvalue weighted by atomic mass is 32.2. The van der Waals surface area contributed by atoms with E-state index in [0.29, 0.717) is 28.0 Å². The predicted octanol–water partition coefficient (Wildman–Crippen LogP) is 3.62. The van der Waals surface area contributed by atoms with Crippen molar-refractivity contribution in [1.29, 1.82) is 0 Å². The van der Waals surface area contributed by atoms with Crippen LogP contribution in [0.5, 0.6) is 11.5 Å². The molecule has 9 heteroatoms. The number of nitrogens with two attached hydrogens (primary N) is 1. The summed E-state index contributed by atoms with van der Waals surface area (Å²) in [5.41, 5.74) is 7.10. The number of carbonyl (C=O) groups is 1. The number of rotatable bonds is 6. The van der Waals surface area contributed by atoms with Crippen LogP contribution in [0.1, 0.15) is 10.4 Å². The summed E-state index contributed by atoms with van der Waals surface area (Å²) in [6.07, 6.45) is 1.35. The van der Waals surface area contributed by atoms with Gasteiger partial charge in [-0.15, -0.1) is 0 Å². The number of benzene rings is 3. The average molecular weight is 449 g/mol. The Bertz CT molecular complexity index is 1430. The zero-order chi connectivity index (χ0) is 22.9. The van der Waals surface area contributed by atoms with Gasteiger partial charge in [-0.3, -0.25) is 9.78 Å². The second kappa shape index (κ2) is 8.20. The van der Waals surface area contributed by atoms with E-state index in [1.807, 2.05) is 0 Å². The van der Waals surface area contributed by atoms with Crippen molar-refractivity contribution in [1.82, 2.24) is 4.98 Å². The maximum Gasteiger partial charge on any atom is 0.252 e. The number of hydrogen-bond donors (Lipinski definition) is 3. The summed E-state index contributed by atoms with van der Waals surface area (Å²) in [4.78, 5) is 16.4. The van der Waals surface area contributed by atoms with E-state index in [4.69, 9.17) is 10.5 Å². The summed E-state index contributed by atoms with van der Waals surface area (Å²) < 4.78 is 31.5. The molecule has 4 aromatic rings. The number of methoxy groups -OCH3 is 1. The smallest absolute Gasteiger partial charge is 0.252 e. The van der Waals surface area contributed by atoms with Gasteiger partial charge in [0.25, 0.3) is 5.91 Å². The van der Waals surface area contributed by atoms with Gasteiger partial charge >= 0.3 is 0 Å². The lowest BCUT2D eigenvalue weighted by molar-refractivity contribution is 0.100. The molecule has 1 heterocycles. The number of pyridine rings is 1. The first-order valence-corrected chi connectivity index (χ1v) is 11.0. The maximum absolute atomic E-state index is 13.1. The Hall–Kier alpha value is -4.11. The molecule has 0 saturated carbocycles. The number of phenolic OH excluding ortho intramolecular Hbond substituents is 1. The van der Waals surface area contributed by atoms with Crippen molar-refractivity contribution < 1.29 is 23.1 Å². The SMILES string of the molecule is COc1cccc(Nc2c(C(N)=O)cnc3ccc(S(=O)(=O)c4ccc(O)cc4)cc23)c1. The average Bonchev–Trinajstić information content (AvgIpc) is 2.79. The van der Waals surface area contributed by atoms with Crippen molar-refractivity contribution in [2.24, 2.45) is 5.73 Å². The van der Waals surface area contributed by atoms with Crippen molar-refractivity contribution >= 4 is 38.0 Å². The molecule has 3 aromatic carbocycles. The maximum atomic E-state index is 13.1. The zero-order valence-corrected chi connectivity index (χ0v) is 17.8. The Balaban J connectivity index is 1.90. The number of amides is 1. The van der Waals surface area contributed by atoms with Crippen molar-refractivity contribution in [3.8, 4) is 11.5 Å². The number of nitrogens with one attached hydrogen (secondary N) is 1. The molecule has 4 N–H and O–H groups in total. The van der Waals surface area contributed by atoms with E-state index in [1.54, 1.807) is 30.3 Å². The van der Waals surface area contributed by atoms with Gasteiger partial charge in [-0.1, -0.05) is 6.07 Å². The molecule has 4 rings (SSSR count). The lowest BCUT2D eigenvalue weighted by Gasteiger charge is -2.15. The summed E-state index contributed by atoms with van der Waals surface area (Å²) in [5, 5.41) is 13.0. The summed E-state index contributed by atoms with van der Waals surface area (Å²) in [7, 11) is -2.35. The minimum absolute atomic E-state index is 0.00722. The van der Waals surface area contributed by atoms with Crippen LogP contribution in [0.3, 0.4) is 0 Å². The summed E-state index contributed by atoms with van der Waals surface area (Å²) >= 11 is 0. The fourth-order valence-corrected chi connectivity index (χ4v) is 4.55. The zero-order valence-electron chi connectivity index (χ0n) is 16.9. The van der Waals surface area contributed by atoms with Crippen LogP contribution in [-0.4, -0.2) is 31.5 Å². The van der Waals surface area contributed by atoms with E-state index in [0.717, 1.165) is 0 Å². The van der Waals surface area contributed by atoms with Crippen LogP contribution in [-0.2, 0) is 9.84 Å². The number of phenols is 1. The molecule has 0 unspecified atom stereocenters. The molecule has 1 amide bonds. The quantitative estimate of drug-likeness (QED) is 0.410. The van der Waals surface area contributed by atoms with Crippen molar-refractivity contribution in [3.63, 3.8) is 0 Å². The fourth-order valence-electron chi connectivity index (χ4n) is 3.27. The van der Waals surface area contributed by atoms with Crippen molar-refractivity contribution in [3.05, 3.63) is 78.5 Å². The molecule has 0 saturated heterocycles. The third kappa shape index (κ3) is 3.93. The molecular formula is C23H19N3O5S. The van der Waals surface area contributed by atoms with E-state index in [2.05, 4.69) is 10.3 Å². The van der Waals surface area contributed by atoms with Crippen LogP contribution < -0.4 is 15.8 Å². The van der Waals surface area contributed by atoms with Crippen LogP contribution in [0.25, 0.3) is 10.9 Å². The summed E-state index contributed by atoms with van der Waals surface area (Å²) in [6.45, 7) is 0. The highest BCUT2D eigenvalue weighted by Gasteiger charge is 2.21. The fraction of sp³-hybridized carbons (Fsp3) is 0.0435. The van der Waals surface area contributed by atoms with E-state index >= 15 is 0 Å². The Morgan fingerprint density at radius 1 is 1.03 bits per heavy atom. The molecule has 8 nitrogen and oxygen atoms in total. The number of nitrogens with zero attached hydrogens (tertiary/aromatic N) is 1. The molecular weight excluding hydrogens is 430 g/mol. The van der Waals surface area contributed by atoms with Gasteiger partial charge in [0.1, 0.15) is 11.5 Å².